The summed E-state index contributed by atoms with van der Waals surface area (Å²) in [5.41, 5.74) is 0. The van der Waals surface area contributed by atoms with Crippen LogP contribution in [0.25, 0.3) is 0 Å². The van der Waals surface area contributed by atoms with Gasteiger partial charge in [0, 0.05) is 32.2 Å². The number of aliphatic hydroxyl groups is 1. The third kappa shape index (κ3) is 4.47. The number of rotatable bonds is 5. The minimum atomic E-state index is -0.0658. The standard InChI is InChI=1S/C18H32N4O2/c1-14(2)16(11-19)20-7-9-21(10-8-20)18(24)12-22-6-4-5-15(3)17(22)13-23/h14-17,23H,4-10,12-13H2,1-3H3. The highest BCUT2D eigenvalue weighted by Crippen LogP contribution is 2.23. The second kappa shape index (κ2) is 8.80. The van der Waals surface area contributed by atoms with Crippen molar-refractivity contribution in [2.24, 2.45) is 11.8 Å². The molecule has 0 bridgehead atoms. The van der Waals surface area contributed by atoms with Gasteiger partial charge in [-0.2, -0.15) is 5.26 Å². The number of amides is 1. The van der Waals surface area contributed by atoms with Crippen molar-refractivity contribution in [1.29, 1.82) is 5.26 Å². The molecule has 2 fully saturated rings. The minimum absolute atomic E-state index is 0.0658. The zero-order chi connectivity index (χ0) is 17.7. The summed E-state index contributed by atoms with van der Waals surface area (Å²) in [5, 5.41) is 18.9. The Bertz CT molecular complexity index is 454. The molecule has 0 aromatic heterocycles. The molecule has 0 spiro atoms. The molecule has 0 aliphatic carbocycles. The van der Waals surface area contributed by atoms with Gasteiger partial charge in [0.1, 0.15) is 6.04 Å². The smallest absolute Gasteiger partial charge is 0.236 e. The molecule has 2 aliphatic heterocycles. The summed E-state index contributed by atoms with van der Waals surface area (Å²) in [7, 11) is 0. The largest absolute Gasteiger partial charge is 0.395 e. The number of aliphatic hydroxyl groups excluding tert-OH is 1. The van der Waals surface area contributed by atoms with Crippen LogP contribution in [0.1, 0.15) is 33.6 Å². The van der Waals surface area contributed by atoms with Gasteiger partial charge >= 0.3 is 0 Å². The molecule has 3 unspecified atom stereocenters. The van der Waals surface area contributed by atoms with E-state index < -0.39 is 0 Å². The first-order chi connectivity index (χ1) is 11.5. The van der Waals surface area contributed by atoms with Crippen molar-refractivity contribution in [3.05, 3.63) is 0 Å². The number of piperidine rings is 1. The van der Waals surface area contributed by atoms with Crippen molar-refractivity contribution in [3.8, 4) is 6.07 Å². The van der Waals surface area contributed by atoms with Gasteiger partial charge in [0.25, 0.3) is 0 Å². The number of carbonyl (C=O) groups is 1. The Morgan fingerprint density at radius 1 is 1.25 bits per heavy atom. The maximum Gasteiger partial charge on any atom is 0.236 e. The fraction of sp³-hybridized carbons (Fsp3) is 0.889. The molecular weight excluding hydrogens is 304 g/mol. The zero-order valence-electron chi connectivity index (χ0n) is 15.3. The predicted octanol–water partition coefficient (Wildman–Crippen LogP) is 0.772. The Balaban J connectivity index is 1.85. The Morgan fingerprint density at radius 2 is 1.92 bits per heavy atom. The van der Waals surface area contributed by atoms with Crippen LogP contribution in [0.2, 0.25) is 0 Å². The Kier molecular flexibility index (Phi) is 7.02. The summed E-state index contributed by atoms with van der Waals surface area (Å²) in [5.74, 6) is 0.897. The van der Waals surface area contributed by atoms with E-state index in [0.717, 1.165) is 32.5 Å². The Labute approximate surface area is 146 Å². The van der Waals surface area contributed by atoms with E-state index in [1.807, 2.05) is 4.90 Å². The number of nitriles is 1. The van der Waals surface area contributed by atoms with Gasteiger partial charge in [-0.05, 0) is 31.2 Å². The summed E-state index contributed by atoms with van der Waals surface area (Å²) in [6.45, 7) is 10.6. The van der Waals surface area contributed by atoms with E-state index in [2.05, 4.69) is 36.6 Å². The molecule has 1 amide bonds. The van der Waals surface area contributed by atoms with Gasteiger partial charge in [-0.1, -0.05) is 20.8 Å². The molecule has 1 N–H and O–H groups in total. The normalized spacial score (nSPS) is 27.9. The lowest BCUT2D eigenvalue weighted by atomic mass is 9.91. The molecule has 0 radical (unpaired) electrons. The van der Waals surface area contributed by atoms with Crippen molar-refractivity contribution in [2.75, 3.05) is 45.9 Å². The first kappa shape index (κ1) is 19.2. The van der Waals surface area contributed by atoms with Gasteiger partial charge < -0.3 is 10.0 Å². The first-order valence-corrected chi connectivity index (χ1v) is 9.24. The van der Waals surface area contributed by atoms with Crippen LogP contribution in [0.3, 0.4) is 0 Å². The highest BCUT2D eigenvalue weighted by Gasteiger charge is 2.32. The van der Waals surface area contributed by atoms with Crippen molar-refractivity contribution in [1.82, 2.24) is 14.7 Å². The maximum atomic E-state index is 12.6. The van der Waals surface area contributed by atoms with Crippen molar-refractivity contribution < 1.29 is 9.90 Å². The molecule has 6 nitrogen and oxygen atoms in total. The molecule has 0 aromatic carbocycles. The predicted molar refractivity (Wildman–Crippen MR) is 93.2 cm³/mol. The summed E-state index contributed by atoms with van der Waals surface area (Å²) in [6.07, 6.45) is 2.22. The van der Waals surface area contributed by atoms with E-state index >= 15 is 0 Å². The monoisotopic (exact) mass is 336 g/mol. The SMILES string of the molecule is CC(C)C(C#N)N1CCN(C(=O)CN2CCCC(C)C2CO)CC1. The molecule has 24 heavy (non-hydrogen) atoms. The third-order valence-corrected chi connectivity index (χ3v) is 5.58. The molecule has 0 aromatic rings. The third-order valence-electron chi connectivity index (χ3n) is 5.58. The van der Waals surface area contributed by atoms with Crippen LogP contribution in [-0.4, -0.2) is 83.7 Å². The lowest BCUT2D eigenvalue weighted by molar-refractivity contribution is -0.136. The number of carbonyl (C=O) groups excluding carboxylic acids is 1. The highest BCUT2D eigenvalue weighted by atomic mass is 16.3. The van der Waals surface area contributed by atoms with E-state index in [9.17, 15) is 15.2 Å². The van der Waals surface area contributed by atoms with Crippen LogP contribution >= 0.6 is 0 Å². The van der Waals surface area contributed by atoms with Crippen molar-refractivity contribution in [2.45, 2.75) is 45.7 Å². The van der Waals surface area contributed by atoms with Crippen molar-refractivity contribution >= 4 is 5.91 Å². The summed E-state index contributed by atoms with van der Waals surface area (Å²) >= 11 is 0. The molecule has 2 saturated heterocycles. The molecule has 2 rings (SSSR count). The van der Waals surface area contributed by atoms with Gasteiger partial charge in [-0.3, -0.25) is 14.6 Å². The van der Waals surface area contributed by atoms with E-state index in [4.69, 9.17) is 0 Å². The summed E-state index contributed by atoms with van der Waals surface area (Å²) in [6, 6.07) is 2.42. The second-order valence-corrected chi connectivity index (χ2v) is 7.57. The zero-order valence-corrected chi connectivity index (χ0v) is 15.3. The quantitative estimate of drug-likeness (QED) is 0.803. The molecular formula is C18H32N4O2. The molecule has 3 atom stereocenters. The van der Waals surface area contributed by atoms with E-state index in [0.29, 0.717) is 31.5 Å². The number of hydrogen-bond donors (Lipinski definition) is 1. The maximum absolute atomic E-state index is 12.6. The van der Waals surface area contributed by atoms with Crippen LogP contribution in [0.4, 0.5) is 0 Å². The Morgan fingerprint density at radius 3 is 2.46 bits per heavy atom. The van der Waals surface area contributed by atoms with E-state index in [1.54, 1.807) is 0 Å². The van der Waals surface area contributed by atoms with E-state index in [-0.39, 0.29) is 24.6 Å². The molecule has 2 aliphatic rings. The number of hydrogen-bond acceptors (Lipinski definition) is 5. The number of piperazine rings is 1. The number of likely N-dealkylation sites (tertiary alicyclic amines) is 1. The Hall–Kier alpha value is -1.16. The molecule has 2 heterocycles. The van der Waals surface area contributed by atoms with Crippen LogP contribution in [0.15, 0.2) is 0 Å². The van der Waals surface area contributed by atoms with Gasteiger partial charge in [0.2, 0.25) is 5.91 Å². The van der Waals surface area contributed by atoms with Crippen LogP contribution in [0.5, 0.6) is 0 Å². The van der Waals surface area contributed by atoms with Gasteiger partial charge in [-0.15, -0.1) is 0 Å². The molecule has 6 heteroatoms. The van der Waals surface area contributed by atoms with Gasteiger partial charge in [-0.25, -0.2) is 0 Å². The minimum Gasteiger partial charge on any atom is -0.395 e. The van der Waals surface area contributed by atoms with Crippen LogP contribution in [0, 0.1) is 23.2 Å². The van der Waals surface area contributed by atoms with Gasteiger partial charge in [0.15, 0.2) is 0 Å². The lowest BCUT2D eigenvalue weighted by Crippen LogP contribution is -2.56. The molecule has 0 saturated carbocycles. The summed E-state index contributed by atoms with van der Waals surface area (Å²) < 4.78 is 0. The van der Waals surface area contributed by atoms with Crippen LogP contribution in [-0.2, 0) is 4.79 Å². The fourth-order valence-corrected chi connectivity index (χ4v) is 4.00. The topological polar surface area (TPSA) is 70.8 Å². The second-order valence-electron chi connectivity index (χ2n) is 7.57. The summed E-state index contributed by atoms with van der Waals surface area (Å²) in [4.78, 5) is 18.9. The van der Waals surface area contributed by atoms with Gasteiger partial charge in [0.05, 0.1) is 19.2 Å². The fourth-order valence-electron chi connectivity index (χ4n) is 4.00. The van der Waals surface area contributed by atoms with Crippen molar-refractivity contribution in [3.63, 3.8) is 0 Å². The van der Waals surface area contributed by atoms with E-state index in [1.165, 1.54) is 0 Å². The van der Waals surface area contributed by atoms with Crippen LogP contribution < -0.4 is 0 Å². The first-order valence-electron chi connectivity index (χ1n) is 9.24. The highest BCUT2D eigenvalue weighted by molar-refractivity contribution is 5.78. The lowest BCUT2D eigenvalue weighted by Gasteiger charge is -2.41. The average molecular weight is 336 g/mol. The number of nitrogens with zero attached hydrogens (tertiary/aromatic N) is 4. The average Bonchev–Trinajstić information content (AvgIpc) is 2.56. The molecule has 136 valence electrons.